The third-order valence-corrected chi connectivity index (χ3v) is 6.48. The summed E-state index contributed by atoms with van der Waals surface area (Å²) in [5.41, 5.74) is 9.05. The van der Waals surface area contributed by atoms with Gasteiger partial charge in [-0.15, -0.1) is 0 Å². The van der Waals surface area contributed by atoms with Gasteiger partial charge in [-0.3, -0.25) is 14.5 Å². The number of hydrogen-bond donors (Lipinski definition) is 3. The molecule has 1 amide bonds. The minimum atomic E-state index is -1.04. The molecule has 1 heterocycles. The molecule has 2 aromatic carbocycles. The third kappa shape index (κ3) is 6.07. The number of carbonyl (C=O) groups excluding carboxylic acids is 1. The molecule has 0 saturated carbocycles. The number of anilines is 1. The van der Waals surface area contributed by atoms with Crippen LogP contribution in [0.3, 0.4) is 0 Å². The van der Waals surface area contributed by atoms with Crippen LogP contribution in [0.25, 0.3) is 0 Å². The number of hydrogen-bond acceptors (Lipinski definition) is 4. The second kappa shape index (κ2) is 10.4. The first kappa shape index (κ1) is 22.8. The van der Waals surface area contributed by atoms with Crippen molar-refractivity contribution in [3.05, 3.63) is 65.7 Å². The summed E-state index contributed by atoms with van der Waals surface area (Å²) in [4.78, 5) is 26.3. The molecule has 3 rings (SSSR count). The molecule has 2 aromatic rings. The van der Waals surface area contributed by atoms with E-state index < -0.39 is 5.97 Å². The highest BCUT2D eigenvalue weighted by atomic mass is 16.4. The maximum atomic E-state index is 12.9. The zero-order chi connectivity index (χ0) is 22.4. The quantitative estimate of drug-likeness (QED) is 0.566. The Morgan fingerprint density at radius 2 is 1.90 bits per heavy atom. The van der Waals surface area contributed by atoms with Gasteiger partial charge < -0.3 is 16.2 Å². The second-order valence-corrected chi connectivity index (χ2v) is 8.73. The Morgan fingerprint density at radius 3 is 2.58 bits per heavy atom. The lowest BCUT2D eigenvalue weighted by molar-refractivity contribution is -0.138. The second-order valence-electron chi connectivity index (χ2n) is 8.73. The summed E-state index contributed by atoms with van der Waals surface area (Å²) in [6.45, 7) is 5.64. The maximum Gasteiger partial charge on any atom is 0.322 e. The van der Waals surface area contributed by atoms with Crippen LogP contribution in [0.15, 0.2) is 54.6 Å². The Kier molecular flexibility index (Phi) is 7.69. The molecule has 1 fully saturated rings. The van der Waals surface area contributed by atoms with Gasteiger partial charge in [0, 0.05) is 18.3 Å². The predicted octanol–water partition coefficient (Wildman–Crippen LogP) is 3.35. The van der Waals surface area contributed by atoms with Gasteiger partial charge >= 0.3 is 5.97 Å². The number of piperidine rings is 1. The molecule has 1 aliphatic rings. The molecule has 1 unspecified atom stereocenters. The Morgan fingerprint density at radius 1 is 1.16 bits per heavy atom. The zero-order valence-corrected chi connectivity index (χ0v) is 18.3. The number of carbonyl (C=O) groups is 2. The van der Waals surface area contributed by atoms with Crippen LogP contribution < -0.4 is 11.1 Å². The van der Waals surface area contributed by atoms with Crippen molar-refractivity contribution in [1.82, 2.24) is 10.2 Å². The molecule has 0 radical (unpaired) electrons. The lowest BCUT2D eigenvalue weighted by Crippen LogP contribution is -2.47. The van der Waals surface area contributed by atoms with Crippen molar-refractivity contribution in [3.8, 4) is 0 Å². The molecule has 1 aliphatic heterocycles. The normalized spacial score (nSPS) is 22.6. The van der Waals surface area contributed by atoms with Crippen molar-refractivity contribution in [2.75, 3.05) is 25.4 Å². The number of nitrogens with two attached hydrogens (primary N) is 1. The van der Waals surface area contributed by atoms with E-state index in [0.717, 1.165) is 24.2 Å². The molecule has 1 saturated heterocycles. The first-order valence-corrected chi connectivity index (χ1v) is 11.0. The van der Waals surface area contributed by atoms with E-state index in [1.807, 2.05) is 48.5 Å². The summed E-state index contributed by atoms with van der Waals surface area (Å²) >= 11 is 0. The number of carboxylic acid groups (broad SMARTS) is 1. The van der Waals surface area contributed by atoms with Crippen LogP contribution in [0.4, 0.5) is 5.69 Å². The highest BCUT2D eigenvalue weighted by molar-refractivity contribution is 5.83. The van der Waals surface area contributed by atoms with E-state index in [9.17, 15) is 9.59 Å². The van der Waals surface area contributed by atoms with Crippen LogP contribution in [0, 0.1) is 17.8 Å². The highest BCUT2D eigenvalue weighted by Gasteiger charge is 2.36. The number of carboxylic acids is 1. The number of benzene rings is 2. The molecule has 0 aliphatic carbocycles. The van der Waals surface area contributed by atoms with Gasteiger partial charge in [-0.05, 0) is 54.5 Å². The molecule has 0 aromatic heterocycles. The number of amides is 1. The molecule has 0 bridgehead atoms. The van der Waals surface area contributed by atoms with E-state index in [-0.39, 0.29) is 24.4 Å². The van der Waals surface area contributed by atoms with Gasteiger partial charge in [-0.2, -0.15) is 0 Å². The van der Waals surface area contributed by atoms with Crippen molar-refractivity contribution < 1.29 is 14.7 Å². The van der Waals surface area contributed by atoms with Gasteiger partial charge in [0.25, 0.3) is 0 Å². The summed E-state index contributed by atoms with van der Waals surface area (Å²) in [7, 11) is 0. The molecule has 4 N–H and O–H groups in total. The minimum Gasteiger partial charge on any atom is -0.480 e. The van der Waals surface area contributed by atoms with Crippen molar-refractivity contribution in [1.29, 1.82) is 0 Å². The van der Waals surface area contributed by atoms with Crippen LogP contribution in [0.5, 0.6) is 0 Å². The average molecular weight is 424 g/mol. The van der Waals surface area contributed by atoms with Crippen molar-refractivity contribution >= 4 is 17.6 Å². The summed E-state index contributed by atoms with van der Waals surface area (Å²) in [5.74, 6) is -0.620. The number of nitrogen functional groups attached to an aromatic ring is 1. The van der Waals surface area contributed by atoms with Crippen LogP contribution in [0.1, 0.15) is 37.4 Å². The first-order valence-electron chi connectivity index (χ1n) is 11.0. The molecule has 6 heteroatoms. The standard InChI is InChI=1S/C25H33N3O3/c1-17-11-12-28(24(18(17)2)20-9-6-10-22(26)14-20)16-21(25(31)27-15-23(29)30)13-19-7-4-3-5-8-19/h3-10,14,17-18,21,24H,11-13,15-16,26H2,1-2H3,(H,27,31)(H,29,30)/t17-,18-,21-,24?/m1/s1. The zero-order valence-electron chi connectivity index (χ0n) is 18.3. The smallest absolute Gasteiger partial charge is 0.322 e. The molecular formula is C25H33N3O3. The minimum absolute atomic E-state index is 0.165. The van der Waals surface area contributed by atoms with Crippen molar-refractivity contribution in [2.24, 2.45) is 17.8 Å². The maximum absolute atomic E-state index is 12.9. The lowest BCUT2D eigenvalue weighted by atomic mass is 9.78. The van der Waals surface area contributed by atoms with Crippen LogP contribution in [-0.4, -0.2) is 41.5 Å². The molecule has 31 heavy (non-hydrogen) atoms. The number of nitrogens with one attached hydrogen (secondary N) is 1. The molecule has 4 atom stereocenters. The fraction of sp³-hybridized carbons (Fsp3) is 0.440. The number of likely N-dealkylation sites (tertiary alicyclic amines) is 1. The summed E-state index contributed by atoms with van der Waals surface area (Å²) < 4.78 is 0. The van der Waals surface area contributed by atoms with Crippen molar-refractivity contribution in [3.63, 3.8) is 0 Å². The van der Waals surface area contributed by atoms with E-state index in [1.165, 1.54) is 5.56 Å². The van der Waals surface area contributed by atoms with E-state index in [2.05, 4.69) is 30.1 Å². The Labute approximate surface area is 184 Å². The summed E-state index contributed by atoms with van der Waals surface area (Å²) in [6, 6.07) is 18.1. The summed E-state index contributed by atoms with van der Waals surface area (Å²) in [6.07, 6.45) is 1.63. The summed E-state index contributed by atoms with van der Waals surface area (Å²) in [5, 5.41) is 11.6. The Hall–Kier alpha value is -2.86. The number of rotatable bonds is 8. The highest BCUT2D eigenvalue weighted by Crippen LogP contribution is 2.40. The van der Waals surface area contributed by atoms with Gasteiger partial charge in [0.15, 0.2) is 0 Å². The average Bonchev–Trinajstić information content (AvgIpc) is 2.75. The van der Waals surface area contributed by atoms with E-state index in [1.54, 1.807) is 0 Å². The number of aliphatic carboxylic acids is 1. The Balaban J connectivity index is 1.85. The largest absolute Gasteiger partial charge is 0.480 e. The van der Waals surface area contributed by atoms with E-state index >= 15 is 0 Å². The third-order valence-electron chi connectivity index (χ3n) is 6.48. The molecular weight excluding hydrogens is 390 g/mol. The van der Waals surface area contributed by atoms with Gasteiger partial charge in [0.2, 0.25) is 5.91 Å². The van der Waals surface area contributed by atoms with Crippen LogP contribution >= 0.6 is 0 Å². The monoisotopic (exact) mass is 423 g/mol. The predicted molar refractivity (Wildman–Crippen MR) is 122 cm³/mol. The van der Waals surface area contributed by atoms with Crippen LogP contribution in [0.2, 0.25) is 0 Å². The molecule has 166 valence electrons. The first-order chi connectivity index (χ1) is 14.8. The van der Waals surface area contributed by atoms with Gasteiger partial charge in [0.1, 0.15) is 6.54 Å². The van der Waals surface area contributed by atoms with Crippen molar-refractivity contribution in [2.45, 2.75) is 32.7 Å². The molecule has 0 spiro atoms. The SMILES string of the molecule is C[C@@H]1CCN(C[C@@H](Cc2ccccc2)C(=O)NCC(=O)O)C(c2cccc(N)c2)[C@@H]1C. The topological polar surface area (TPSA) is 95.7 Å². The lowest BCUT2D eigenvalue weighted by Gasteiger charge is -2.45. The van der Waals surface area contributed by atoms with Crippen LogP contribution in [-0.2, 0) is 16.0 Å². The van der Waals surface area contributed by atoms with Gasteiger partial charge in [0.05, 0.1) is 5.92 Å². The van der Waals surface area contributed by atoms with Gasteiger partial charge in [-0.1, -0.05) is 56.3 Å². The fourth-order valence-corrected chi connectivity index (χ4v) is 4.61. The molecule has 6 nitrogen and oxygen atoms in total. The number of nitrogens with zero attached hydrogens (tertiary/aromatic N) is 1. The van der Waals surface area contributed by atoms with Gasteiger partial charge in [-0.25, -0.2) is 0 Å². The fourth-order valence-electron chi connectivity index (χ4n) is 4.61. The Bertz CT molecular complexity index is 887. The van der Waals surface area contributed by atoms with E-state index in [0.29, 0.717) is 24.8 Å². The van der Waals surface area contributed by atoms with E-state index in [4.69, 9.17) is 10.8 Å².